The molecule has 0 aliphatic carbocycles. The summed E-state index contributed by atoms with van der Waals surface area (Å²) in [5, 5.41) is 4.04. The van der Waals surface area contributed by atoms with Crippen LogP contribution in [-0.4, -0.2) is 34.4 Å². The third kappa shape index (κ3) is 3.72. The molecule has 5 nitrogen and oxygen atoms in total. The Hall–Kier alpha value is -2.51. The second kappa shape index (κ2) is 7.85. The first kappa shape index (κ1) is 18.8. The predicted octanol–water partition coefficient (Wildman–Crippen LogP) is 4.31. The largest absolute Gasteiger partial charge is 0.449 e. The number of aryl methyl sites for hydroxylation is 1. The maximum absolute atomic E-state index is 12.7. The van der Waals surface area contributed by atoms with E-state index >= 15 is 0 Å². The Kier molecular flexibility index (Phi) is 5.28. The van der Waals surface area contributed by atoms with E-state index < -0.39 is 12.1 Å². The van der Waals surface area contributed by atoms with Crippen molar-refractivity contribution in [2.24, 2.45) is 0 Å². The van der Waals surface area contributed by atoms with Crippen molar-refractivity contribution in [1.82, 2.24) is 9.88 Å². The van der Waals surface area contributed by atoms with Gasteiger partial charge in [0.25, 0.3) is 5.91 Å². The molecule has 1 atom stereocenters. The number of thiophene rings is 2. The van der Waals surface area contributed by atoms with Crippen LogP contribution in [0.3, 0.4) is 0 Å². The van der Waals surface area contributed by atoms with E-state index in [1.54, 1.807) is 47.5 Å². The van der Waals surface area contributed by atoms with Crippen molar-refractivity contribution in [2.75, 3.05) is 6.54 Å². The predicted molar refractivity (Wildman–Crippen MR) is 111 cm³/mol. The van der Waals surface area contributed by atoms with Crippen molar-refractivity contribution < 1.29 is 14.3 Å². The molecule has 4 rings (SSSR count). The molecule has 0 fully saturated rings. The highest BCUT2D eigenvalue weighted by atomic mass is 32.1. The van der Waals surface area contributed by atoms with Gasteiger partial charge in [-0.15, -0.1) is 22.7 Å². The van der Waals surface area contributed by atoms with Gasteiger partial charge in [-0.2, -0.15) is 0 Å². The summed E-state index contributed by atoms with van der Waals surface area (Å²) in [6, 6.07) is 9.54. The molecule has 7 heteroatoms. The Morgan fingerprint density at radius 3 is 2.79 bits per heavy atom. The summed E-state index contributed by atoms with van der Waals surface area (Å²) >= 11 is 3.32. The average Bonchev–Trinajstić information content (AvgIpc) is 3.38. The standard InChI is InChI=1S/C21H20N2O3S2/c1-13-16(5-6-17(22-13)19-4-3-10-27-19)21(25)26-14(2)20(24)23-9-7-18-15(12-23)8-11-28-18/h3-6,8,10-11,14H,7,9,12H2,1-2H3. The minimum atomic E-state index is -0.830. The highest BCUT2D eigenvalue weighted by Gasteiger charge is 2.28. The number of esters is 1. The van der Waals surface area contributed by atoms with E-state index in [1.807, 2.05) is 23.6 Å². The van der Waals surface area contributed by atoms with Crippen molar-refractivity contribution in [3.63, 3.8) is 0 Å². The van der Waals surface area contributed by atoms with Crippen LogP contribution < -0.4 is 0 Å². The van der Waals surface area contributed by atoms with Crippen molar-refractivity contribution in [2.45, 2.75) is 32.9 Å². The summed E-state index contributed by atoms with van der Waals surface area (Å²) in [7, 11) is 0. The molecule has 0 spiro atoms. The summed E-state index contributed by atoms with van der Waals surface area (Å²) in [5.41, 5.74) is 3.00. The lowest BCUT2D eigenvalue weighted by atomic mass is 10.1. The zero-order valence-electron chi connectivity index (χ0n) is 15.7. The Morgan fingerprint density at radius 2 is 2.04 bits per heavy atom. The van der Waals surface area contributed by atoms with Crippen LogP contribution in [0.25, 0.3) is 10.6 Å². The summed E-state index contributed by atoms with van der Waals surface area (Å²) in [6.45, 7) is 4.65. The van der Waals surface area contributed by atoms with Crippen LogP contribution in [0.15, 0.2) is 41.1 Å². The molecule has 0 radical (unpaired) electrons. The van der Waals surface area contributed by atoms with Gasteiger partial charge in [0.15, 0.2) is 6.10 Å². The fourth-order valence-corrected chi connectivity index (χ4v) is 4.89. The third-order valence-electron chi connectivity index (χ3n) is 4.83. The van der Waals surface area contributed by atoms with E-state index in [9.17, 15) is 9.59 Å². The lowest BCUT2D eigenvalue weighted by molar-refractivity contribution is -0.140. The van der Waals surface area contributed by atoms with Gasteiger partial charge in [0.05, 0.1) is 21.8 Å². The average molecular weight is 413 g/mol. The fourth-order valence-electron chi connectivity index (χ4n) is 3.31. The van der Waals surface area contributed by atoms with Crippen LogP contribution in [0, 0.1) is 6.92 Å². The lowest BCUT2D eigenvalue weighted by Crippen LogP contribution is -2.42. The van der Waals surface area contributed by atoms with Crippen LogP contribution in [-0.2, 0) is 22.5 Å². The number of carbonyl (C=O) groups excluding carboxylic acids is 2. The minimum Gasteiger partial charge on any atom is -0.449 e. The number of hydrogen-bond acceptors (Lipinski definition) is 6. The molecule has 3 aromatic rings. The van der Waals surface area contributed by atoms with Crippen LogP contribution in [0.1, 0.15) is 33.4 Å². The van der Waals surface area contributed by atoms with Gasteiger partial charge in [-0.1, -0.05) is 6.07 Å². The summed E-state index contributed by atoms with van der Waals surface area (Å²) in [6.07, 6.45) is 0.0242. The number of ether oxygens (including phenoxy) is 1. The molecule has 0 aromatic carbocycles. The van der Waals surface area contributed by atoms with Gasteiger partial charge in [0, 0.05) is 18.0 Å². The third-order valence-corrected chi connectivity index (χ3v) is 6.75. The minimum absolute atomic E-state index is 0.161. The number of aromatic nitrogens is 1. The van der Waals surface area contributed by atoms with Crippen LogP contribution in [0.5, 0.6) is 0 Å². The molecule has 4 heterocycles. The smallest absolute Gasteiger partial charge is 0.340 e. The molecule has 1 amide bonds. The molecular weight excluding hydrogens is 392 g/mol. The molecule has 0 bridgehead atoms. The fraction of sp³-hybridized carbons (Fsp3) is 0.286. The van der Waals surface area contributed by atoms with E-state index in [2.05, 4.69) is 16.4 Å². The zero-order valence-corrected chi connectivity index (χ0v) is 17.3. The molecule has 1 aliphatic heterocycles. The topological polar surface area (TPSA) is 59.5 Å². The second-order valence-corrected chi connectivity index (χ2v) is 8.68. The van der Waals surface area contributed by atoms with Crippen LogP contribution >= 0.6 is 22.7 Å². The maximum Gasteiger partial charge on any atom is 0.340 e. The molecule has 1 unspecified atom stereocenters. The monoisotopic (exact) mass is 412 g/mol. The van der Waals surface area contributed by atoms with Crippen molar-refractivity contribution in [3.8, 4) is 10.6 Å². The Morgan fingerprint density at radius 1 is 1.18 bits per heavy atom. The second-order valence-electron chi connectivity index (χ2n) is 6.73. The molecular formula is C21H20N2O3S2. The van der Waals surface area contributed by atoms with Gasteiger partial charge in [0.1, 0.15) is 0 Å². The highest BCUT2D eigenvalue weighted by molar-refractivity contribution is 7.13. The number of fused-ring (bicyclic) bond motifs is 1. The maximum atomic E-state index is 12.7. The first-order valence-corrected chi connectivity index (χ1v) is 10.9. The number of amides is 1. The van der Waals surface area contributed by atoms with Gasteiger partial charge in [-0.3, -0.25) is 9.78 Å². The molecule has 1 aliphatic rings. The van der Waals surface area contributed by atoms with E-state index in [4.69, 9.17) is 4.74 Å². The van der Waals surface area contributed by atoms with E-state index in [1.165, 1.54) is 10.4 Å². The van der Waals surface area contributed by atoms with Crippen molar-refractivity contribution >= 4 is 34.6 Å². The molecule has 0 saturated heterocycles. The van der Waals surface area contributed by atoms with Gasteiger partial charge in [-0.05, 0) is 60.9 Å². The van der Waals surface area contributed by atoms with Gasteiger partial charge in [0.2, 0.25) is 0 Å². The number of hydrogen-bond donors (Lipinski definition) is 0. The number of pyridine rings is 1. The number of carbonyl (C=O) groups is 2. The lowest BCUT2D eigenvalue weighted by Gasteiger charge is -2.29. The van der Waals surface area contributed by atoms with Crippen molar-refractivity contribution in [3.05, 3.63) is 62.8 Å². The van der Waals surface area contributed by atoms with Crippen LogP contribution in [0.2, 0.25) is 0 Å². The summed E-state index contributed by atoms with van der Waals surface area (Å²) in [4.78, 5) is 34.0. The Balaban J connectivity index is 1.42. The first-order valence-electron chi connectivity index (χ1n) is 9.09. The van der Waals surface area contributed by atoms with Crippen LogP contribution in [0.4, 0.5) is 0 Å². The highest BCUT2D eigenvalue weighted by Crippen LogP contribution is 2.26. The van der Waals surface area contributed by atoms with Gasteiger partial charge < -0.3 is 9.64 Å². The Bertz CT molecular complexity index is 1010. The molecule has 28 heavy (non-hydrogen) atoms. The Labute approximate surface area is 171 Å². The summed E-state index contributed by atoms with van der Waals surface area (Å²) in [5.74, 6) is -0.678. The molecule has 144 valence electrons. The van der Waals surface area contributed by atoms with Gasteiger partial charge in [-0.25, -0.2) is 4.79 Å². The number of rotatable bonds is 4. The van der Waals surface area contributed by atoms with E-state index in [-0.39, 0.29) is 5.91 Å². The first-order chi connectivity index (χ1) is 13.5. The SMILES string of the molecule is Cc1nc(-c2cccs2)ccc1C(=O)OC(C)C(=O)N1CCc2sccc2C1. The van der Waals surface area contributed by atoms with Crippen molar-refractivity contribution in [1.29, 1.82) is 0 Å². The normalized spacial score (nSPS) is 14.4. The van der Waals surface area contributed by atoms with E-state index in [0.717, 1.165) is 17.0 Å². The zero-order chi connectivity index (χ0) is 19.7. The number of nitrogens with zero attached hydrogens (tertiary/aromatic N) is 2. The molecule has 0 N–H and O–H groups in total. The molecule has 0 saturated carbocycles. The summed E-state index contributed by atoms with van der Waals surface area (Å²) < 4.78 is 5.47. The van der Waals surface area contributed by atoms with Gasteiger partial charge >= 0.3 is 5.97 Å². The van der Waals surface area contributed by atoms with E-state index in [0.29, 0.717) is 24.3 Å². The molecule has 3 aromatic heterocycles. The quantitative estimate of drug-likeness (QED) is 0.599.